The Labute approximate surface area is 152 Å². The first-order chi connectivity index (χ1) is 12.7. The predicted octanol–water partition coefficient (Wildman–Crippen LogP) is 3.81. The third-order valence-electron chi connectivity index (χ3n) is 5.40. The van der Waals surface area contributed by atoms with E-state index in [1.54, 1.807) is 11.0 Å². The van der Waals surface area contributed by atoms with Crippen LogP contribution in [0.4, 0.5) is 5.69 Å². The Kier molecular flexibility index (Phi) is 4.65. The monoisotopic (exact) mass is 349 g/mol. The molecule has 4 rings (SSSR count). The molecule has 0 saturated heterocycles. The Morgan fingerprint density at radius 2 is 1.88 bits per heavy atom. The van der Waals surface area contributed by atoms with E-state index in [0.717, 1.165) is 42.1 Å². The van der Waals surface area contributed by atoms with Gasteiger partial charge in [-0.05, 0) is 40.1 Å². The first-order valence-electron chi connectivity index (χ1n) is 9.23. The number of fused-ring (bicyclic) bond motifs is 1. The predicted molar refractivity (Wildman–Crippen MR) is 101 cm³/mol. The fraction of sp³-hybridized carbons (Fsp3) is 0.400. The van der Waals surface area contributed by atoms with Crippen molar-refractivity contribution in [1.29, 1.82) is 0 Å². The van der Waals surface area contributed by atoms with Crippen molar-refractivity contribution in [3.8, 4) is 0 Å². The van der Waals surface area contributed by atoms with Crippen LogP contribution >= 0.6 is 0 Å². The molecule has 0 unspecified atom stereocenters. The number of tetrazole rings is 1. The molecule has 0 spiro atoms. The lowest BCUT2D eigenvalue weighted by atomic mass is 9.71. The van der Waals surface area contributed by atoms with Crippen molar-refractivity contribution in [2.75, 3.05) is 5.32 Å². The number of benzene rings is 2. The Balaban J connectivity index is 1.52. The van der Waals surface area contributed by atoms with E-state index >= 15 is 0 Å². The molecule has 1 aliphatic rings. The standard InChI is InChI=1S/C20H23N5O/c26-19(22-18-10-6-8-16-7-2-3-9-17(16)18)13-20(11-4-1-5-12-20)14-25-15-21-23-24-25/h2-3,6-10,15H,1,4-5,11-14H2,(H,22,26). The van der Waals surface area contributed by atoms with E-state index in [2.05, 4.69) is 33.0 Å². The van der Waals surface area contributed by atoms with Gasteiger partial charge in [-0.3, -0.25) is 4.79 Å². The molecule has 0 aliphatic heterocycles. The summed E-state index contributed by atoms with van der Waals surface area (Å²) in [6.07, 6.45) is 7.76. The number of amides is 1. The van der Waals surface area contributed by atoms with Crippen LogP contribution in [0, 0.1) is 5.41 Å². The molecule has 134 valence electrons. The van der Waals surface area contributed by atoms with E-state index in [1.165, 1.54) is 6.42 Å². The van der Waals surface area contributed by atoms with Crippen molar-refractivity contribution in [3.63, 3.8) is 0 Å². The normalized spacial score (nSPS) is 16.5. The van der Waals surface area contributed by atoms with Crippen molar-refractivity contribution in [3.05, 3.63) is 48.8 Å². The van der Waals surface area contributed by atoms with Gasteiger partial charge in [-0.2, -0.15) is 0 Å². The molecule has 1 N–H and O–H groups in total. The number of carbonyl (C=O) groups excluding carboxylic acids is 1. The highest BCUT2D eigenvalue weighted by molar-refractivity contribution is 6.02. The van der Waals surface area contributed by atoms with Gasteiger partial charge in [0.15, 0.2) is 0 Å². The van der Waals surface area contributed by atoms with Crippen LogP contribution in [0.3, 0.4) is 0 Å². The maximum absolute atomic E-state index is 12.9. The average Bonchev–Trinajstić information content (AvgIpc) is 3.15. The molecule has 1 fully saturated rings. The largest absolute Gasteiger partial charge is 0.325 e. The third-order valence-corrected chi connectivity index (χ3v) is 5.40. The van der Waals surface area contributed by atoms with Gasteiger partial charge in [-0.15, -0.1) is 5.10 Å². The van der Waals surface area contributed by atoms with Crippen LogP contribution in [0.15, 0.2) is 48.8 Å². The van der Waals surface area contributed by atoms with E-state index in [1.807, 2.05) is 30.3 Å². The Morgan fingerprint density at radius 3 is 2.69 bits per heavy atom. The van der Waals surface area contributed by atoms with Gasteiger partial charge in [-0.25, -0.2) is 4.68 Å². The summed E-state index contributed by atoms with van der Waals surface area (Å²) < 4.78 is 1.76. The maximum Gasteiger partial charge on any atom is 0.225 e. The molecule has 1 heterocycles. The van der Waals surface area contributed by atoms with Gasteiger partial charge in [0, 0.05) is 17.5 Å². The highest BCUT2D eigenvalue weighted by Gasteiger charge is 2.35. The Morgan fingerprint density at radius 1 is 1.08 bits per heavy atom. The van der Waals surface area contributed by atoms with Gasteiger partial charge in [0.1, 0.15) is 6.33 Å². The van der Waals surface area contributed by atoms with E-state index < -0.39 is 0 Å². The van der Waals surface area contributed by atoms with Crippen LogP contribution in [0.2, 0.25) is 0 Å². The van der Waals surface area contributed by atoms with Crippen molar-refractivity contribution in [2.24, 2.45) is 5.41 Å². The van der Waals surface area contributed by atoms with Crippen LogP contribution in [0.1, 0.15) is 38.5 Å². The summed E-state index contributed by atoms with van der Waals surface area (Å²) in [5, 5.41) is 16.8. The van der Waals surface area contributed by atoms with Crippen LogP contribution < -0.4 is 5.32 Å². The Hall–Kier alpha value is -2.76. The summed E-state index contributed by atoms with van der Waals surface area (Å²) in [5.74, 6) is 0.0660. The first kappa shape index (κ1) is 16.7. The smallest absolute Gasteiger partial charge is 0.225 e. The summed E-state index contributed by atoms with van der Waals surface area (Å²) in [6, 6.07) is 14.1. The average molecular weight is 349 g/mol. The van der Waals surface area contributed by atoms with E-state index in [4.69, 9.17) is 0 Å². The van der Waals surface area contributed by atoms with Crippen molar-refractivity contribution in [2.45, 2.75) is 45.1 Å². The summed E-state index contributed by atoms with van der Waals surface area (Å²) in [4.78, 5) is 12.9. The SMILES string of the molecule is O=C(CC1(Cn2cnnn2)CCCCC1)Nc1cccc2ccccc12. The highest BCUT2D eigenvalue weighted by atomic mass is 16.1. The lowest BCUT2D eigenvalue weighted by molar-refractivity contribution is -0.119. The number of aromatic nitrogens is 4. The zero-order valence-corrected chi connectivity index (χ0v) is 14.8. The highest BCUT2D eigenvalue weighted by Crippen LogP contribution is 2.41. The Bertz CT molecular complexity index is 879. The number of nitrogens with zero attached hydrogens (tertiary/aromatic N) is 4. The quantitative estimate of drug-likeness (QED) is 0.760. The molecule has 0 radical (unpaired) electrons. The minimum absolute atomic E-state index is 0.0660. The van der Waals surface area contributed by atoms with Crippen molar-refractivity contribution >= 4 is 22.4 Å². The minimum atomic E-state index is -0.0672. The zero-order valence-electron chi connectivity index (χ0n) is 14.8. The topological polar surface area (TPSA) is 72.7 Å². The molecular weight excluding hydrogens is 326 g/mol. The minimum Gasteiger partial charge on any atom is -0.325 e. The second kappa shape index (κ2) is 7.23. The van der Waals surface area contributed by atoms with E-state index in [9.17, 15) is 4.79 Å². The fourth-order valence-electron chi connectivity index (χ4n) is 4.16. The first-order valence-corrected chi connectivity index (χ1v) is 9.23. The van der Waals surface area contributed by atoms with Crippen LogP contribution in [-0.2, 0) is 11.3 Å². The van der Waals surface area contributed by atoms with E-state index in [0.29, 0.717) is 13.0 Å². The number of anilines is 1. The summed E-state index contributed by atoms with van der Waals surface area (Å²) in [7, 11) is 0. The number of hydrogen-bond donors (Lipinski definition) is 1. The molecule has 6 heteroatoms. The molecular formula is C20H23N5O. The molecule has 6 nitrogen and oxygen atoms in total. The van der Waals surface area contributed by atoms with Crippen molar-refractivity contribution in [1.82, 2.24) is 20.2 Å². The molecule has 0 atom stereocenters. The van der Waals surface area contributed by atoms with Gasteiger partial charge >= 0.3 is 0 Å². The van der Waals surface area contributed by atoms with Gasteiger partial charge in [0.05, 0.1) is 6.54 Å². The van der Waals surface area contributed by atoms with Gasteiger partial charge in [0.25, 0.3) is 0 Å². The molecule has 1 aromatic heterocycles. The number of hydrogen-bond acceptors (Lipinski definition) is 4. The molecule has 0 bridgehead atoms. The molecule has 1 amide bonds. The number of carbonyl (C=O) groups is 1. The van der Waals surface area contributed by atoms with Crippen molar-refractivity contribution < 1.29 is 4.79 Å². The molecule has 26 heavy (non-hydrogen) atoms. The summed E-state index contributed by atoms with van der Waals surface area (Å²) in [6.45, 7) is 0.697. The second-order valence-electron chi connectivity index (χ2n) is 7.32. The van der Waals surface area contributed by atoms with Gasteiger partial charge in [-0.1, -0.05) is 55.7 Å². The fourth-order valence-corrected chi connectivity index (χ4v) is 4.16. The van der Waals surface area contributed by atoms with Crippen LogP contribution in [0.5, 0.6) is 0 Å². The van der Waals surface area contributed by atoms with Gasteiger partial charge < -0.3 is 5.32 Å². The maximum atomic E-state index is 12.9. The van der Waals surface area contributed by atoms with E-state index in [-0.39, 0.29) is 11.3 Å². The number of rotatable bonds is 5. The lowest BCUT2D eigenvalue weighted by Gasteiger charge is -2.36. The molecule has 1 aliphatic carbocycles. The zero-order chi connectivity index (χ0) is 17.8. The summed E-state index contributed by atoms with van der Waals surface area (Å²) >= 11 is 0. The summed E-state index contributed by atoms with van der Waals surface area (Å²) in [5.41, 5.74) is 0.809. The molecule has 2 aromatic carbocycles. The number of nitrogens with one attached hydrogen (secondary N) is 1. The molecule has 3 aromatic rings. The third kappa shape index (κ3) is 3.59. The second-order valence-corrected chi connectivity index (χ2v) is 7.32. The van der Waals surface area contributed by atoms with Gasteiger partial charge in [0.2, 0.25) is 5.91 Å². The lowest BCUT2D eigenvalue weighted by Crippen LogP contribution is -2.34. The van der Waals surface area contributed by atoms with Crippen LogP contribution in [0.25, 0.3) is 10.8 Å². The molecule has 1 saturated carbocycles. The van der Waals surface area contributed by atoms with Crippen LogP contribution in [-0.4, -0.2) is 26.1 Å².